The van der Waals surface area contributed by atoms with Gasteiger partial charge >= 0.3 is 11.9 Å². The van der Waals surface area contributed by atoms with Crippen LogP contribution in [0, 0.1) is 5.82 Å². The molecule has 4 fully saturated rings. The Morgan fingerprint density at radius 1 is 1.03 bits per heavy atom. The summed E-state index contributed by atoms with van der Waals surface area (Å²) < 4.78 is 24.9. The highest BCUT2D eigenvalue weighted by molar-refractivity contribution is 6.09. The number of halogens is 1. The number of imide groups is 1. The summed E-state index contributed by atoms with van der Waals surface area (Å²) in [5.41, 5.74) is 2.72. The summed E-state index contributed by atoms with van der Waals surface area (Å²) in [6, 6.07) is 6.63. The van der Waals surface area contributed by atoms with Crippen LogP contribution in [0.5, 0.6) is 5.75 Å². The van der Waals surface area contributed by atoms with Crippen LogP contribution in [0.2, 0.25) is 0 Å². The number of likely N-dealkylation sites (tertiary alicyclic amines) is 1. The van der Waals surface area contributed by atoms with Crippen molar-refractivity contribution in [1.29, 1.82) is 0 Å². The Bertz CT molecular complexity index is 2350. The topological polar surface area (TPSA) is 164 Å². The maximum absolute atomic E-state index is 15.0. The molecular formula is C42H51FN9O6+. The largest absolute Gasteiger partial charge is 0.490 e. The quantitative estimate of drug-likeness (QED) is 0.177. The first kappa shape index (κ1) is 39.4. The number of piperidine rings is 1. The molecular weight excluding hydrogens is 746 g/mol. The summed E-state index contributed by atoms with van der Waals surface area (Å²) in [5, 5.41) is 26.1. The minimum atomic E-state index is -0.637. The average molecular weight is 797 g/mol. The van der Waals surface area contributed by atoms with E-state index >= 15 is 0 Å². The number of fused-ring (bicyclic) bond motifs is 2. The molecule has 2 aromatic heterocycles. The molecule has 1 spiro atoms. The smallest absolute Gasteiger partial charge is 0.367 e. The summed E-state index contributed by atoms with van der Waals surface area (Å²) in [4.78, 5) is 52.8. The van der Waals surface area contributed by atoms with Crippen LogP contribution in [-0.2, 0) is 16.6 Å². The lowest BCUT2D eigenvalue weighted by molar-refractivity contribution is -0.657. The molecule has 1 saturated carbocycles. The zero-order chi connectivity index (χ0) is 40.9. The van der Waals surface area contributed by atoms with E-state index in [2.05, 4.69) is 20.4 Å². The molecule has 5 aliphatic rings. The van der Waals surface area contributed by atoms with Crippen molar-refractivity contribution in [2.45, 2.75) is 83.0 Å². The minimum absolute atomic E-state index is 0.0617. The van der Waals surface area contributed by atoms with Gasteiger partial charge in [-0.15, -0.1) is 0 Å². The molecule has 58 heavy (non-hydrogen) atoms. The van der Waals surface area contributed by atoms with E-state index in [-0.39, 0.29) is 42.7 Å². The maximum Gasteiger partial charge on any atom is 0.367 e. The zero-order valence-electron chi connectivity index (χ0n) is 33.4. The number of benzene rings is 2. The molecule has 4 aliphatic heterocycles. The van der Waals surface area contributed by atoms with Crippen LogP contribution in [0.4, 0.5) is 15.0 Å². The number of aliphatic hydroxyl groups is 1. The van der Waals surface area contributed by atoms with E-state index in [1.54, 1.807) is 23.9 Å². The van der Waals surface area contributed by atoms with Crippen molar-refractivity contribution in [2.24, 2.45) is 7.05 Å². The van der Waals surface area contributed by atoms with Crippen molar-refractivity contribution in [3.8, 4) is 5.75 Å². The standard InChI is InChI=1S/C24H28N4O3.C18H22FN5O3/c1-16(2)31-22-14-21-17(15-27(26-21)18-7-4-3-5-8-18)13-19(22)23(29)25-20-9-6-10-28(11-12-28)24(20)30;1-22-5-3-10(15(25)9-22)11-8-14-12(7-13(11)19)17(21-23(14)2)24-6-4-16(26)20-18(24)27/h6,9-10,13-16,18H,3-5,7-8,11-12H2,1-2H3;7-8,10,15,25H,3-6,9H2,1-2H3,(H,20,26,27)/p+1. The Kier molecular flexibility index (Phi) is 10.7. The number of nitrogens with zero attached hydrogens (tertiary/aromatic N) is 7. The highest BCUT2D eigenvalue weighted by Gasteiger charge is 2.51. The lowest BCUT2D eigenvalue weighted by Gasteiger charge is -2.34. The number of allylic oxidation sites excluding steroid dienone is 2. The Morgan fingerprint density at radius 2 is 1.81 bits per heavy atom. The van der Waals surface area contributed by atoms with Crippen LogP contribution >= 0.6 is 0 Å². The van der Waals surface area contributed by atoms with Gasteiger partial charge in [-0.05, 0) is 82.6 Å². The number of hydrogen-bond acceptors (Lipinski definition) is 9. The van der Waals surface area contributed by atoms with Crippen molar-refractivity contribution in [3.63, 3.8) is 0 Å². The van der Waals surface area contributed by atoms with Crippen LogP contribution in [0.1, 0.15) is 86.7 Å². The number of hydrogen-bond donors (Lipinski definition) is 3. The molecule has 306 valence electrons. The number of urea groups is 1. The van der Waals surface area contributed by atoms with Crippen LogP contribution < -0.4 is 20.3 Å². The van der Waals surface area contributed by atoms with Crippen molar-refractivity contribution < 1.29 is 37.9 Å². The maximum atomic E-state index is 15.0. The molecule has 2 aromatic carbocycles. The fraction of sp³-hybridized carbons (Fsp3) is 0.476. The summed E-state index contributed by atoms with van der Waals surface area (Å²) in [5.74, 6) is -0.609. The van der Waals surface area contributed by atoms with E-state index in [4.69, 9.17) is 9.84 Å². The van der Waals surface area contributed by atoms with Gasteiger partial charge in [0.05, 0.1) is 34.8 Å². The van der Waals surface area contributed by atoms with Crippen molar-refractivity contribution in [3.05, 3.63) is 71.5 Å². The van der Waals surface area contributed by atoms with E-state index in [0.29, 0.717) is 62.8 Å². The summed E-state index contributed by atoms with van der Waals surface area (Å²) in [6.45, 7) is 6.93. The minimum Gasteiger partial charge on any atom is -0.490 e. The van der Waals surface area contributed by atoms with Gasteiger partial charge in [0.1, 0.15) is 36.6 Å². The normalized spacial score (nSPS) is 22.3. The third-order valence-electron chi connectivity index (χ3n) is 11.8. The third-order valence-corrected chi connectivity index (χ3v) is 11.8. The molecule has 9 rings (SSSR count). The Hall–Kier alpha value is -5.45. The first-order valence-corrected chi connectivity index (χ1v) is 20.3. The van der Waals surface area contributed by atoms with Crippen LogP contribution in [0.15, 0.2) is 54.5 Å². The monoisotopic (exact) mass is 796 g/mol. The molecule has 6 heterocycles. The lowest BCUT2D eigenvalue weighted by atomic mass is 9.86. The second-order valence-corrected chi connectivity index (χ2v) is 16.5. The van der Waals surface area contributed by atoms with Gasteiger partial charge < -0.3 is 20.1 Å². The number of anilines is 1. The molecule has 3 N–H and O–H groups in total. The van der Waals surface area contributed by atoms with Crippen molar-refractivity contribution in [2.75, 3.05) is 44.7 Å². The number of aliphatic hydroxyl groups excluding tert-OH is 1. The van der Waals surface area contributed by atoms with E-state index in [1.807, 2.05) is 56.4 Å². The van der Waals surface area contributed by atoms with Crippen LogP contribution in [0.25, 0.3) is 21.8 Å². The number of ether oxygens (including phenoxy) is 1. The molecule has 16 heteroatoms. The van der Waals surface area contributed by atoms with Gasteiger partial charge in [0.15, 0.2) is 5.82 Å². The van der Waals surface area contributed by atoms with Gasteiger partial charge in [-0.3, -0.25) is 29.2 Å². The van der Waals surface area contributed by atoms with Gasteiger partial charge in [0.2, 0.25) is 5.91 Å². The SMILES string of the molecule is CC(C)Oc1cc2nn(C3CCCCC3)cc2cc1C(=O)NC1=CC=C[N+]2(CC2)C1=O.CN1CCC(c2cc3c(cc2F)c(N2CCC(=O)NC2=O)nn3C)C(O)C1. The second kappa shape index (κ2) is 15.7. The highest BCUT2D eigenvalue weighted by Crippen LogP contribution is 2.36. The van der Waals surface area contributed by atoms with Gasteiger partial charge in [-0.1, -0.05) is 19.3 Å². The Morgan fingerprint density at radius 3 is 2.52 bits per heavy atom. The number of likely N-dealkylation sites (N-methyl/N-ethyl adjacent to an activating group) is 1. The number of carbonyl (C=O) groups is 4. The second-order valence-electron chi connectivity index (χ2n) is 16.5. The van der Waals surface area contributed by atoms with Gasteiger partial charge in [0.25, 0.3) is 5.91 Å². The molecule has 2 unspecified atom stereocenters. The fourth-order valence-corrected chi connectivity index (χ4v) is 8.54. The lowest BCUT2D eigenvalue weighted by Crippen LogP contribution is -2.49. The van der Waals surface area contributed by atoms with Gasteiger partial charge in [-0.25, -0.2) is 18.5 Å². The van der Waals surface area contributed by atoms with Gasteiger partial charge in [-0.2, -0.15) is 10.2 Å². The van der Waals surface area contributed by atoms with Crippen LogP contribution in [-0.4, -0.2) is 110 Å². The number of aryl methyl sites for hydroxylation is 1. The number of β-amino-alcohol motifs (C(OH)–C–C–N with tert-alkyl or cyclic N) is 1. The molecule has 3 saturated heterocycles. The van der Waals surface area contributed by atoms with E-state index in [1.165, 1.54) is 30.2 Å². The van der Waals surface area contributed by atoms with Crippen LogP contribution in [0.3, 0.4) is 0 Å². The molecule has 4 aromatic rings. The van der Waals surface area contributed by atoms with E-state index < -0.39 is 18.0 Å². The summed E-state index contributed by atoms with van der Waals surface area (Å²) in [6.07, 6.45) is 13.6. The Labute approximate surface area is 335 Å². The van der Waals surface area contributed by atoms with E-state index in [0.717, 1.165) is 43.4 Å². The van der Waals surface area contributed by atoms with Gasteiger partial charge in [0, 0.05) is 55.5 Å². The molecule has 0 bridgehead atoms. The molecule has 2 atom stereocenters. The first-order chi connectivity index (χ1) is 27.8. The number of aromatic nitrogens is 4. The molecule has 5 amide bonds. The Balaban J connectivity index is 0.000000164. The molecule has 15 nitrogen and oxygen atoms in total. The van der Waals surface area contributed by atoms with E-state index in [9.17, 15) is 28.7 Å². The average Bonchev–Trinajstić information content (AvgIpc) is 3.73. The fourth-order valence-electron chi connectivity index (χ4n) is 8.54. The molecule has 1 aliphatic carbocycles. The highest BCUT2D eigenvalue weighted by atomic mass is 19.1. The van der Waals surface area contributed by atoms with Crippen molar-refractivity contribution >= 4 is 51.4 Å². The number of amides is 5. The number of quaternary nitrogens is 1. The predicted octanol–water partition coefficient (Wildman–Crippen LogP) is 4.77. The summed E-state index contributed by atoms with van der Waals surface area (Å²) in [7, 11) is 3.66. The number of rotatable bonds is 7. The number of nitrogens with one attached hydrogen (secondary N) is 2. The third kappa shape index (κ3) is 7.75. The zero-order valence-corrected chi connectivity index (χ0v) is 33.4. The van der Waals surface area contributed by atoms with Crippen molar-refractivity contribution in [1.82, 2.24) is 35.1 Å². The number of carbonyl (C=O) groups excluding carboxylic acids is 4. The molecule has 0 radical (unpaired) electrons. The summed E-state index contributed by atoms with van der Waals surface area (Å²) >= 11 is 0. The first-order valence-electron chi connectivity index (χ1n) is 20.3. The predicted molar refractivity (Wildman–Crippen MR) is 214 cm³/mol.